The number of nitrogens with one attached hydrogen (secondary N) is 2. The van der Waals surface area contributed by atoms with E-state index in [0.717, 1.165) is 34.0 Å². The number of hydrogen-bond acceptors (Lipinski definition) is 8. The molecule has 12 heteroatoms. The molecular weight excluding hydrogens is 566 g/mol. The molecule has 1 unspecified atom stereocenters. The maximum atomic E-state index is 12.8. The summed E-state index contributed by atoms with van der Waals surface area (Å²) in [5.74, 6) is -2.84. The van der Waals surface area contributed by atoms with Crippen LogP contribution in [-0.4, -0.2) is 50.8 Å². The summed E-state index contributed by atoms with van der Waals surface area (Å²) in [7, 11) is 0. The van der Waals surface area contributed by atoms with Gasteiger partial charge in [0.1, 0.15) is 5.75 Å². The van der Waals surface area contributed by atoms with Gasteiger partial charge in [-0.15, -0.1) is 23.1 Å². The molecule has 2 amide bonds. The van der Waals surface area contributed by atoms with Crippen molar-refractivity contribution < 1.29 is 34.1 Å². The van der Waals surface area contributed by atoms with Gasteiger partial charge in [-0.1, -0.05) is 0 Å². The molecule has 0 saturated carbocycles. The van der Waals surface area contributed by atoms with Crippen molar-refractivity contribution in [3.8, 4) is 17.0 Å². The predicted octanol–water partition coefficient (Wildman–Crippen LogP) is 5.98. The fraction of sp³-hybridized carbons (Fsp3) is 0.138. The van der Waals surface area contributed by atoms with Crippen molar-refractivity contribution in [3.63, 3.8) is 0 Å². The standard InChI is InChI=1S/C29H25N3O7S2/c1-3-39-20-9-4-17(5-10-20)24-15-40-29(31-24)32-25(33)16(2)41-21-11-7-19(8-12-21)30-26(34)22-13-6-18(27(35)36)14-23(22)28(37)38/h4-16H,3H2,1-2H3,(H,30,34)(H,35,36)(H,37,38)(H,31,32,33). The molecule has 0 spiro atoms. The molecule has 1 heterocycles. The van der Waals surface area contributed by atoms with Gasteiger partial charge >= 0.3 is 11.9 Å². The largest absolute Gasteiger partial charge is 0.494 e. The van der Waals surface area contributed by atoms with E-state index in [2.05, 4.69) is 15.6 Å². The number of thioether (sulfide) groups is 1. The zero-order valence-electron chi connectivity index (χ0n) is 21.9. The summed E-state index contributed by atoms with van der Waals surface area (Å²) in [6.07, 6.45) is 0. The van der Waals surface area contributed by atoms with Gasteiger partial charge in [0.05, 0.1) is 34.2 Å². The third kappa shape index (κ3) is 7.50. The second-order valence-corrected chi connectivity index (χ2v) is 10.9. The van der Waals surface area contributed by atoms with Gasteiger partial charge < -0.3 is 25.6 Å². The molecule has 4 N–H and O–H groups in total. The van der Waals surface area contributed by atoms with Crippen LogP contribution in [-0.2, 0) is 4.79 Å². The molecule has 0 aliphatic rings. The van der Waals surface area contributed by atoms with E-state index in [1.807, 2.05) is 36.6 Å². The Morgan fingerprint density at radius 1 is 0.927 bits per heavy atom. The minimum Gasteiger partial charge on any atom is -0.494 e. The first kappa shape index (κ1) is 29.3. The number of hydrogen-bond donors (Lipinski definition) is 4. The van der Waals surface area contributed by atoms with Gasteiger partial charge in [-0.3, -0.25) is 9.59 Å². The molecule has 0 aliphatic carbocycles. The molecule has 0 radical (unpaired) electrons. The van der Waals surface area contributed by atoms with Crippen molar-refractivity contribution in [2.24, 2.45) is 0 Å². The van der Waals surface area contributed by atoms with E-state index in [1.165, 1.54) is 29.2 Å². The molecule has 0 fully saturated rings. The number of rotatable bonds is 11. The van der Waals surface area contributed by atoms with Crippen LogP contribution in [0.2, 0.25) is 0 Å². The highest BCUT2D eigenvalue weighted by atomic mass is 32.2. The van der Waals surface area contributed by atoms with Crippen molar-refractivity contribution in [1.82, 2.24) is 4.98 Å². The zero-order valence-corrected chi connectivity index (χ0v) is 23.5. The molecule has 4 aromatic rings. The fourth-order valence-corrected chi connectivity index (χ4v) is 5.27. The molecular formula is C29H25N3O7S2. The topological polar surface area (TPSA) is 155 Å². The van der Waals surface area contributed by atoms with Gasteiger partial charge in [0.15, 0.2) is 5.13 Å². The van der Waals surface area contributed by atoms with Crippen LogP contribution in [0.25, 0.3) is 11.3 Å². The molecule has 4 rings (SSSR count). The number of carboxylic acids is 2. The van der Waals surface area contributed by atoms with Crippen LogP contribution in [0.5, 0.6) is 5.75 Å². The summed E-state index contributed by atoms with van der Waals surface area (Å²) in [6.45, 7) is 4.28. The first-order valence-electron chi connectivity index (χ1n) is 12.3. The maximum Gasteiger partial charge on any atom is 0.336 e. The van der Waals surface area contributed by atoms with Crippen molar-refractivity contribution in [3.05, 3.63) is 88.8 Å². The molecule has 1 atom stereocenters. The maximum absolute atomic E-state index is 12.8. The number of benzene rings is 3. The third-order valence-corrected chi connectivity index (χ3v) is 7.60. The molecule has 3 aromatic carbocycles. The van der Waals surface area contributed by atoms with Gasteiger partial charge in [-0.2, -0.15) is 0 Å². The lowest BCUT2D eigenvalue weighted by Gasteiger charge is -2.12. The Labute approximate surface area is 243 Å². The number of anilines is 2. The second-order valence-electron chi connectivity index (χ2n) is 8.59. The van der Waals surface area contributed by atoms with Gasteiger partial charge in [0, 0.05) is 21.5 Å². The Bertz CT molecular complexity index is 1580. The Balaban J connectivity index is 1.34. The van der Waals surface area contributed by atoms with Crippen LogP contribution in [0.3, 0.4) is 0 Å². The number of ether oxygens (including phenoxy) is 1. The van der Waals surface area contributed by atoms with E-state index in [9.17, 15) is 24.3 Å². The number of nitrogens with zero attached hydrogens (tertiary/aromatic N) is 1. The number of carboxylic acid groups (broad SMARTS) is 2. The molecule has 0 saturated heterocycles. The van der Waals surface area contributed by atoms with E-state index in [4.69, 9.17) is 9.84 Å². The van der Waals surface area contributed by atoms with Gasteiger partial charge in [-0.05, 0) is 80.6 Å². The lowest BCUT2D eigenvalue weighted by molar-refractivity contribution is -0.115. The number of carbonyl (C=O) groups excluding carboxylic acids is 2. The summed E-state index contributed by atoms with van der Waals surface area (Å²) in [4.78, 5) is 53.4. The lowest BCUT2D eigenvalue weighted by Crippen LogP contribution is -2.22. The number of amides is 2. The molecule has 1 aromatic heterocycles. The molecule has 210 valence electrons. The summed E-state index contributed by atoms with van der Waals surface area (Å²) >= 11 is 2.65. The highest BCUT2D eigenvalue weighted by molar-refractivity contribution is 8.00. The highest BCUT2D eigenvalue weighted by Crippen LogP contribution is 2.29. The lowest BCUT2D eigenvalue weighted by atomic mass is 10.0. The second kappa shape index (κ2) is 13.1. The summed E-state index contributed by atoms with van der Waals surface area (Å²) in [6, 6.07) is 17.5. The van der Waals surface area contributed by atoms with Crippen molar-refractivity contribution >= 4 is 57.7 Å². The third-order valence-electron chi connectivity index (χ3n) is 5.73. The number of carbonyl (C=O) groups is 4. The molecule has 10 nitrogen and oxygen atoms in total. The van der Waals surface area contributed by atoms with Gasteiger partial charge in [0.25, 0.3) is 5.91 Å². The monoisotopic (exact) mass is 591 g/mol. The average molecular weight is 592 g/mol. The summed E-state index contributed by atoms with van der Waals surface area (Å²) in [5.41, 5.74) is 1.25. The van der Waals surface area contributed by atoms with Crippen LogP contribution >= 0.6 is 23.1 Å². The summed E-state index contributed by atoms with van der Waals surface area (Å²) < 4.78 is 5.46. The minimum atomic E-state index is -1.41. The molecule has 41 heavy (non-hydrogen) atoms. The first-order chi connectivity index (χ1) is 19.6. The van der Waals surface area contributed by atoms with Crippen LogP contribution < -0.4 is 15.4 Å². The van der Waals surface area contributed by atoms with Crippen LogP contribution in [0.15, 0.2) is 77.0 Å². The Hall–Kier alpha value is -4.68. The first-order valence-corrected chi connectivity index (χ1v) is 14.1. The molecule has 0 bridgehead atoms. The van der Waals surface area contributed by atoms with E-state index >= 15 is 0 Å². The quantitative estimate of drug-likeness (QED) is 0.154. The van der Waals surface area contributed by atoms with E-state index in [0.29, 0.717) is 17.4 Å². The SMILES string of the molecule is CCOc1ccc(-c2csc(NC(=O)C(C)Sc3ccc(NC(=O)c4ccc(C(=O)O)cc4C(=O)O)cc3)n2)cc1. The predicted molar refractivity (Wildman–Crippen MR) is 157 cm³/mol. The van der Waals surface area contributed by atoms with Crippen molar-refractivity contribution in [2.75, 3.05) is 17.2 Å². The van der Waals surface area contributed by atoms with Crippen LogP contribution in [0.4, 0.5) is 10.8 Å². The smallest absolute Gasteiger partial charge is 0.336 e. The Kier molecular flexibility index (Phi) is 9.37. The average Bonchev–Trinajstić information content (AvgIpc) is 3.42. The van der Waals surface area contributed by atoms with Crippen molar-refractivity contribution in [2.45, 2.75) is 24.0 Å². The number of aromatic carboxylic acids is 2. The number of aromatic nitrogens is 1. The van der Waals surface area contributed by atoms with E-state index < -0.39 is 28.7 Å². The fourth-order valence-electron chi connectivity index (χ4n) is 3.68. The van der Waals surface area contributed by atoms with Crippen molar-refractivity contribution in [1.29, 1.82) is 0 Å². The van der Waals surface area contributed by atoms with E-state index in [1.54, 1.807) is 31.2 Å². The van der Waals surface area contributed by atoms with Crippen LogP contribution in [0, 0.1) is 0 Å². The highest BCUT2D eigenvalue weighted by Gasteiger charge is 2.20. The normalized spacial score (nSPS) is 11.4. The summed E-state index contributed by atoms with van der Waals surface area (Å²) in [5, 5.41) is 25.9. The van der Waals surface area contributed by atoms with Gasteiger partial charge in [-0.25, -0.2) is 14.6 Å². The van der Waals surface area contributed by atoms with Crippen LogP contribution in [0.1, 0.15) is 44.9 Å². The Morgan fingerprint density at radius 3 is 2.27 bits per heavy atom. The minimum absolute atomic E-state index is 0.167. The van der Waals surface area contributed by atoms with Gasteiger partial charge in [0.2, 0.25) is 5.91 Å². The zero-order chi connectivity index (χ0) is 29.5. The number of thiazole rings is 1. The van der Waals surface area contributed by atoms with E-state index in [-0.39, 0.29) is 17.0 Å². The molecule has 0 aliphatic heterocycles. The Morgan fingerprint density at radius 2 is 1.63 bits per heavy atom.